The van der Waals surface area contributed by atoms with Gasteiger partial charge in [0, 0.05) is 18.9 Å². The van der Waals surface area contributed by atoms with Gasteiger partial charge in [-0.3, -0.25) is 0 Å². The first-order chi connectivity index (χ1) is 7.63. The molecule has 2 heterocycles. The first-order valence-electron chi connectivity index (χ1n) is 5.55. The van der Waals surface area contributed by atoms with E-state index in [2.05, 4.69) is 24.0 Å². The van der Waals surface area contributed by atoms with Crippen LogP contribution in [0.1, 0.15) is 26.7 Å². The quantitative estimate of drug-likeness (QED) is 0.820. The van der Waals surface area contributed by atoms with E-state index in [0.29, 0.717) is 11.7 Å². The summed E-state index contributed by atoms with van der Waals surface area (Å²) in [7, 11) is 0. The smallest absolute Gasteiger partial charge is 0.233 e. The van der Waals surface area contributed by atoms with E-state index in [-0.39, 0.29) is 18.3 Å². The first kappa shape index (κ1) is 11.1. The van der Waals surface area contributed by atoms with Crippen molar-refractivity contribution in [2.45, 2.75) is 45.0 Å². The molecule has 1 aliphatic rings. The van der Waals surface area contributed by atoms with Gasteiger partial charge in [-0.2, -0.15) is 0 Å². The molecule has 0 aliphatic carbocycles. The highest BCUT2D eigenvalue weighted by Gasteiger charge is 2.26. The molecule has 5 heteroatoms. The Hall–Kier alpha value is -1.36. The van der Waals surface area contributed by atoms with E-state index in [9.17, 15) is 0 Å². The summed E-state index contributed by atoms with van der Waals surface area (Å²) in [4.78, 5) is 0. The van der Waals surface area contributed by atoms with Crippen molar-refractivity contribution in [2.75, 3.05) is 5.73 Å². The van der Waals surface area contributed by atoms with Crippen molar-refractivity contribution >= 4 is 5.82 Å². The normalized spacial score (nSPS) is 30.0. The fourth-order valence-corrected chi connectivity index (χ4v) is 2.00. The number of nitrogen functional groups attached to an aromatic ring is 1. The molecule has 16 heavy (non-hydrogen) atoms. The van der Waals surface area contributed by atoms with Gasteiger partial charge in [0.25, 0.3) is 0 Å². The van der Waals surface area contributed by atoms with Crippen LogP contribution in [-0.2, 0) is 4.74 Å². The monoisotopic (exact) mass is 223 g/mol. The van der Waals surface area contributed by atoms with Crippen LogP contribution in [0.15, 0.2) is 12.1 Å². The minimum atomic E-state index is 0.150. The molecule has 1 aromatic rings. The van der Waals surface area contributed by atoms with Crippen LogP contribution < -0.4 is 10.5 Å². The van der Waals surface area contributed by atoms with E-state index in [1.54, 1.807) is 12.1 Å². The molecule has 0 amide bonds. The summed E-state index contributed by atoms with van der Waals surface area (Å²) >= 11 is 0. The zero-order valence-corrected chi connectivity index (χ0v) is 9.59. The van der Waals surface area contributed by atoms with Crippen molar-refractivity contribution in [2.24, 2.45) is 0 Å². The van der Waals surface area contributed by atoms with Gasteiger partial charge in [-0.25, -0.2) is 0 Å². The van der Waals surface area contributed by atoms with Crippen molar-refractivity contribution < 1.29 is 9.47 Å². The summed E-state index contributed by atoms with van der Waals surface area (Å²) in [5.41, 5.74) is 5.45. The summed E-state index contributed by atoms with van der Waals surface area (Å²) < 4.78 is 11.4. The predicted octanol–water partition coefficient (Wildman–Crippen LogP) is 1.39. The zero-order valence-electron chi connectivity index (χ0n) is 9.59. The van der Waals surface area contributed by atoms with Crippen molar-refractivity contribution in [1.82, 2.24) is 10.2 Å². The average Bonchev–Trinajstić information content (AvgIpc) is 2.20. The Morgan fingerprint density at radius 1 is 1.25 bits per heavy atom. The molecule has 5 nitrogen and oxygen atoms in total. The van der Waals surface area contributed by atoms with Gasteiger partial charge in [0.2, 0.25) is 5.88 Å². The van der Waals surface area contributed by atoms with E-state index >= 15 is 0 Å². The number of rotatable bonds is 2. The summed E-state index contributed by atoms with van der Waals surface area (Å²) in [6, 6.07) is 3.43. The second kappa shape index (κ2) is 4.65. The Bertz CT molecular complexity index is 332. The molecule has 1 saturated heterocycles. The third kappa shape index (κ3) is 2.82. The Balaban J connectivity index is 1.96. The first-order valence-corrected chi connectivity index (χ1v) is 5.55. The average molecular weight is 223 g/mol. The van der Waals surface area contributed by atoms with Crippen LogP contribution in [0.5, 0.6) is 5.88 Å². The van der Waals surface area contributed by atoms with Gasteiger partial charge in [0.1, 0.15) is 11.9 Å². The van der Waals surface area contributed by atoms with Gasteiger partial charge in [-0.1, -0.05) is 0 Å². The number of hydrogen-bond donors (Lipinski definition) is 1. The van der Waals surface area contributed by atoms with Crippen LogP contribution in [0.3, 0.4) is 0 Å². The molecular weight excluding hydrogens is 206 g/mol. The standard InChI is InChI=1S/C11H17N3O2/c1-7-5-9(6-8(2)15-7)16-11-4-3-10(12)13-14-11/h3-4,7-9H,5-6H2,1-2H3,(H2,12,13). The lowest BCUT2D eigenvalue weighted by Gasteiger charge is -2.31. The molecule has 1 aromatic heterocycles. The van der Waals surface area contributed by atoms with Crippen molar-refractivity contribution in [3.8, 4) is 5.88 Å². The summed E-state index contributed by atoms with van der Waals surface area (Å²) in [6.45, 7) is 4.11. The van der Waals surface area contributed by atoms with Crippen LogP contribution in [0.2, 0.25) is 0 Å². The van der Waals surface area contributed by atoms with Gasteiger partial charge < -0.3 is 15.2 Å². The third-order valence-corrected chi connectivity index (χ3v) is 2.60. The lowest BCUT2D eigenvalue weighted by atomic mass is 10.0. The van der Waals surface area contributed by atoms with E-state index in [1.807, 2.05) is 0 Å². The Labute approximate surface area is 95.0 Å². The molecule has 0 bridgehead atoms. The van der Waals surface area contributed by atoms with Gasteiger partial charge in [0.05, 0.1) is 12.2 Å². The predicted molar refractivity (Wildman–Crippen MR) is 60.1 cm³/mol. The maximum absolute atomic E-state index is 5.74. The fourth-order valence-electron chi connectivity index (χ4n) is 2.00. The van der Waals surface area contributed by atoms with Crippen LogP contribution in [0, 0.1) is 0 Å². The second-order valence-electron chi connectivity index (χ2n) is 4.27. The van der Waals surface area contributed by atoms with Gasteiger partial charge in [-0.15, -0.1) is 10.2 Å². The maximum Gasteiger partial charge on any atom is 0.233 e. The number of nitrogens with zero attached hydrogens (tertiary/aromatic N) is 2. The molecule has 88 valence electrons. The highest BCUT2D eigenvalue weighted by atomic mass is 16.5. The lowest BCUT2D eigenvalue weighted by molar-refractivity contribution is -0.0731. The number of hydrogen-bond acceptors (Lipinski definition) is 5. The van der Waals surface area contributed by atoms with E-state index in [1.165, 1.54) is 0 Å². The second-order valence-corrected chi connectivity index (χ2v) is 4.27. The van der Waals surface area contributed by atoms with E-state index in [0.717, 1.165) is 12.8 Å². The van der Waals surface area contributed by atoms with Gasteiger partial charge in [-0.05, 0) is 19.9 Å². The highest BCUT2D eigenvalue weighted by molar-refractivity contribution is 5.27. The SMILES string of the molecule is CC1CC(Oc2ccc(N)nn2)CC(C)O1. The van der Waals surface area contributed by atoms with E-state index < -0.39 is 0 Å². The molecule has 0 radical (unpaired) electrons. The Morgan fingerprint density at radius 2 is 1.94 bits per heavy atom. The number of aromatic nitrogens is 2. The molecular formula is C11H17N3O2. The highest BCUT2D eigenvalue weighted by Crippen LogP contribution is 2.22. The van der Waals surface area contributed by atoms with Crippen molar-refractivity contribution in [3.63, 3.8) is 0 Å². The summed E-state index contributed by atoms with van der Waals surface area (Å²) in [5, 5.41) is 7.64. The lowest BCUT2D eigenvalue weighted by Crippen LogP contribution is -2.35. The number of anilines is 1. The molecule has 2 rings (SSSR count). The molecule has 2 atom stereocenters. The molecule has 0 spiro atoms. The summed E-state index contributed by atoms with van der Waals surface area (Å²) in [5.74, 6) is 0.932. The molecule has 2 unspecified atom stereocenters. The fraction of sp³-hybridized carbons (Fsp3) is 0.636. The maximum atomic E-state index is 5.74. The largest absolute Gasteiger partial charge is 0.473 e. The van der Waals surface area contributed by atoms with Crippen LogP contribution in [0.4, 0.5) is 5.82 Å². The van der Waals surface area contributed by atoms with Crippen molar-refractivity contribution in [1.29, 1.82) is 0 Å². The zero-order chi connectivity index (χ0) is 11.5. The van der Waals surface area contributed by atoms with Crippen molar-refractivity contribution in [3.05, 3.63) is 12.1 Å². The summed E-state index contributed by atoms with van der Waals surface area (Å²) in [6.07, 6.45) is 2.38. The van der Waals surface area contributed by atoms with Crippen LogP contribution in [-0.4, -0.2) is 28.5 Å². The van der Waals surface area contributed by atoms with Crippen LogP contribution in [0.25, 0.3) is 0 Å². The molecule has 0 aromatic carbocycles. The minimum Gasteiger partial charge on any atom is -0.473 e. The minimum absolute atomic E-state index is 0.150. The van der Waals surface area contributed by atoms with Gasteiger partial charge in [0.15, 0.2) is 0 Å². The topological polar surface area (TPSA) is 70.3 Å². The Morgan fingerprint density at radius 3 is 2.50 bits per heavy atom. The van der Waals surface area contributed by atoms with E-state index in [4.69, 9.17) is 15.2 Å². The third-order valence-electron chi connectivity index (χ3n) is 2.60. The molecule has 2 N–H and O–H groups in total. The van der Waals surface area contributed by atoms with Gasteiger partial charge >= 0.3 is 0 Å². The Kier molecular flexibility index (Phi) is 3.24. The number of ether oxygens (including phenoxy) is 2. The molecule has 1 aliphatic heterocycles. The molecule has 1 fully saturated rings. The molecule has 0 saturated carbocycles. The number of nitrogens with two attached hydrogens (primary N) is 1. The van der Waals surface area contributed by atoms with Crippen LogP contribution >= 0.6 is 0 Å².